The van der Waals surface area contributed by atoms with Gasteiger partial charge < -0.3 is 4.74 Å². The van der Waals surface area contributed by atoms with Gasteiger partial charge in [0.25, 0.3) is 0 Å². The van der Waals surface area contributed by atoms with Gasteiger partial charge in [-0.3, -0.25) is 0 Å². The largest absolute Gasteiger partial charge is 0.491 e. The van der Waals surface area contributed by atoms with Crippen molar-refractivity contribution in [2.75, 3.05) is 6.61 Å². The smallest absolute Gasteiger partial charge is 0.145 e. The van der Waals surface area contributed by atoms with Crippen molar-refractivity contribution in [2.45, 2.75) is 20.3 Å². The number of hydrogen-bond acceptors (Lipinski definition) is 2. The molecule has 0 N–H and O–H groups in total. The van der Waals surface area contributed by atoms with Crippen LogP contribution in [0.25, 0.3) is 0 Å². The molecular formula is C12H12I3NO. The van der Waals surface area contributed by atoms with E-state index in [1.807, 2.05) is 13.8 Å². The predicted octanol–water partition coefficient (Wildman–Crippen LogP) is 4.82. The molecule has 1 aromatic carbocycles. The molecule has 0 atom stereocenters. The van der Waals surface area contributed by atoms with Crippen LogP contribution >= 0.6 is 67.8 Å². The highest BCUT2D eigenvalue weighted by molar-refractivity contribution is 14.1. The zero-order valence-corrected chi connectivity index (χ0v) is 16.0. The summed E-state index contributed by atoms with van der Waals surface area (Å²) in [6.45, 7) is 4.44. The number of nitrogens with zero attached hydrogens (tertiary/aromatic N) is 1. The molecule has 0 aliphatic rings. The Kier molecular flexibility index (Phi) is 6.25. The zero-order valence-electron chi connectivity index (χ0n) is 9.56. The van der Waals surface area contributed by atoms with E-state index in [2.05, 4.69) is 86.0 Å². The van der Waals surface area contributed by atoms with Gasteiger partial charge in [-0.1, -0.05) is 0 Å². The molecule has 0 aliphatic carbocycles. The van der Waals surface area contributed by atoms with Crippen LogP contribution in [0.3, 0.4) is 0 Å². The summed E-state index contributed by atoms with van der Waals surface area (Å²) in [5.74, 6) is 0.931. The fourth-order valence-electron chi connectivity index (χ4n) is 1.13. The standard InChI is InChI=1S/C12H12I3NO/c1-12(2,7-16)3-4-17-11-9(14)5-8(13)6-10(11)15/h5-6H,3-4H2,1-2H3. The van der Waals surface area contributed by atoms with Gasteiger partial charge in [0.05, 0.1) is 25.2 Å². The lowest BCUT2D eigenvalue weighted by Gasteiger charge is -2.16. The molecule has 0 unspecified atom stereocenters. The highest BCUT2D eigenvalue weighted by Crippen LogP contribution is 2.30. The fourth-order valence-corrected chi connectivity index (χ4v) is 5.03. The van der Waals surface area contributed by atoms with Crippen LogP contribution in [0.2, 0.25) is 0 Å². The van der Waals surface area contributed by atoms with Crippen LogP contribution in [0.5, 0.6) is 5.75 Å². The summed E-state index contributed by atoms with van der Waals surface area (Å²) in [6, 6.07) is 6.46. The molecular weight excluding hydrogens is 555 g/mol. The van der Waals surface area contributed by atoms with Crippen molar-refractivity contribution in [1.29, 1.82) is 5.26 Å². The first-order chi connectivity index (χ1) is 7.85. The quantitative estimate of drug-likeness (QED) is 0.490. The van der Waals surface area contributed by atoms with E-state index in [0.29, 0.717) is 6.61 Å². The Morgan fingerprint density at radius 3 is 2.24 bits per heavy atom. The lowest BCUT2D eigenvalue weighted by molar-refractivity contribution is 0.261. The molecule has 5 heteroatoms. The second kappa shape index (κ2) is 6.75. The zero-order chi connectivity index (χ0) is 13.1. The normalized spacial score (nSPS) is 11.1. The number of benzene rings is 1. The lowest BCUT2D eigenvalue weighted by atomic mass is 9.92. The average Bonchev–Trinajstić information content (AvgIpc) is 2.22. The minimum atomic E-state index is -0.319. The molecule has 17 heavy (non-hydrogen) atoms. The maximum absolute atomic E-state index is 8.93. The molecule has 0 fully saturated rings. The van der Waals surface area contributed by atoms with Gasteiger partial charge in [-0.15, -0.1) is 0 Å². The van der Waals surface area contributed by atoms with Crippen molar-refractivity contribution in [3.8, 4) is 11.8 Å². The molecule has 0 aromatic heterocycles. The summed E-state index contributed by atoms with van der Waals surface area (Å²) in [5, 5.41) is 8.93. The number of nitriles is 1. The molecule has 1 aromatic rings. The van der Waals surface area contributed by atoms with E-state index in [-0.39, 0.29) is 5.41 Å². The van der Waals surface area contributed by atoms with E-state index in [1.165, 1.54) is 3.57 Å². The summed E-state index contributed by atoms with van der Waals surface area (Å²) in [5.41, 5.74) is -0.319. The van der Waals surface area contributed by atoms with Crippen molar-refractivity contribution >= 4 is 67.8 Å². The molecule has 0 aliphatic heterocycles. The van der Waals surface area contributed by atoms with Gasteiger partial charge in [0, 0.05) is 3.57 Å². The molecule has 0 saturated heterocycles. The van der Waals surface area contributed by atoms with Gasteiger partial charge >= 0.3 is 0 Å². The fraction of sp³-hybridized carbons (Fsp3) is 0.417. The minimum absolute atomic E-state index is 0.319. The van der Waals surface area contributed by atoms with Crippen molar-refractivity contribution in [1.82, 2.24) is 0 Å². The van der Waals surface area contributed by atoms with Crippen LogP contribution in [0, 0.1) is 27.5 Å². The third-order valence-electron chi connectivity index (χ3n) is 2.24. The van der Waals surface area contributed by atoms with Crippen LogP contribution in [-0.4, -0.2) is 6.61 Å². The third kappa shape index (κ3) is 5.06. The van der Waals surface area contributed by atoms with Gasteiger partial charge in [-0.05, 0) is 100 Å². The molecule has 1 rings (SSSR count). The van der Waals surface area contributed by atoms with Crippen LogP contribution < -0.4 is 4.74 Å². The second-order valence-corrected chi connectivity index (χ2v) is 7.86. The van der Waals surface area contributed by atoms with Crippen molar-refractivity contribution in [3.63, 3.8) is 0 Å². The second-order valence-electron chi connectivity index (χ2n) is 4.29. The van der Waals surface area contributed by atoms with E-state index in [4.69, 9.17) is 10.00 Å². The van der Waals surface area contributed by atoms with Gasteiger partial charge in [0.15, 0.2) is 0 Å². The Labute approximate surface area is 143 Å². The topological polar surface area (TPSA) is 33.0 Å². The summed E-state index contributed by atoms with van der Waals surface area (Å²) >= 11 is 6.86. The Balaban J connectivity index is 2.68. The van der Waals surface area contributed by atoms with Crippen molar-refractivity contribution in [2.24, 2.45) is 5.41 Å². The van der Waals surface area contributed by atoms with Crippen molar-refractivity contribution in [3.05, 3.63) is 22.8 Å². The average molecular weight is 567 g/mol. The Morgan fingerprint density at radius 2 is 1.76 bits per heavy atom. The minimum Gasteiger partial charge on any atom is -0.491 e. The Bertz CT molecular complexity index is 429. The molecule has 0 heterocycles. The van der Waals surface area contributed by atoms with Crippen molar-refractivity contribution < 1.29 is 4.74 Å². The van der Waals surface area contributed by atoms with Crippen LogP contribution in [0.4, 0.5) is 0 Å². The summed E-state index contributed by atoms with van der Waals surface area (Å²) in [4.78, 5) is 0. The summed E-state index contributed by atoms with van der Waals surface area (Å²) in [6.07, 6.45) is 0.738. The highest BCUT2D eigenvalue weighted by Gasteiger charge is 2.17. The first kappa shape index (κ1) is 15.8. The molecule has 0 radical (unpaired) electrons. The molecule has 0 amide bonds. The van der Waals surface area contributed by atoms with E-state index in [1.54, 1.807) is 0 Å². The predicted molar refractivity (Wildman–Crippen MR) is 94.1 cm³/mol. The number of rotatable bonds is 4. The first-order valence-electron chi connectivity index (χ1n) is 5.04. The monoisotopic (exact) mass is 567 g/mol. The van der Waals surface area contributed by atoms with Crippen LogP contribution in [0.1, 0.15) is 20.3 Å². The summed E-state index contributed by atoms with van der Waals surface area (Å²) in [7, 11) is 0. The highest BCUT2D eigenvalue weighted by atomic mass is 127. The van der Waals surface area contributed by atoms with Crippen LogP contribution in [-0.2, 0) is 0 Å². The summed E-state index contributed by atoms with van der Waals surface area (Å²) < 4.78 is 9.24. The van der Waals surface area contributed by atoms with Crippen LogP contribution in [0.15, 0.2) is 12.1 Å². The van der Waals surface area contributed by atoms with E-state index >= 15 is 0 Å². The van der Waals surface area contributed by atoms with Gasteiger partial charge in [-0.25, -0.2) is 0 Å². The maximum Gasteiger partial charge on any atom is 0.145 e. The Hall–Kier alpha value is 0.700. The van der Waals surface area contributed by atoms with E-state index < -0.39 is 0 Å². The number of ether oxygens (including phenoxy) is 1. The molecule has 0 spiro atoms. The Morgan fingerprint density at radius 1 is 1.24 bits per heavy atom. The molecule has 92 valence electrons. The van der Waals surface area contributed by atoms with E-state index in [9.17, 15) is 0 Å². The SMILES string of the molecule is CC(C)(C#N)CCOc1c(I)cc(I)cc1I. The lowest BCUT2D eigenvalue weighted by Crippen LogP contribution is -2.13. The van der Waals surface area contributed by atoms with E-state index in [0.717, 1.165) is 19.3 Å². The first-order valence-corrected chi connectivity index (χ1v) is 8.28. The number of halogens is 3. The van der Waals surface area contributed by atoms with Gasteiger partial charge in [0.2, 0.25) is 0 Å². The molecule has 0 bridgehead atoms. The van der Waals surface area contributed by atoms with Gasteiger partial charge in [0.1, 0.15) is 5.75 Å². The third-order valence-corrected chi connectivity index (χ3v) is 4.46. The molecule has 2 nitrogen and oxygen atoms in total. The maximum atomic E-state index is 8.93. The molecule has 0 saturated carbocycles. The van der Waals surface area contributed by atoms with Gasteiger partial charge in [-0.2, -0.15) is 5.26 Å². The number of hydrogen-bond donors (Lipinski definition) is 0.